The first-order valence-electron chi connectivity index (χ1n) is 5.23. The van der Waals surface area contributed by atoms with Crippen molar-refractivity contribution in [3.8, 4) is 0 Å². The lowest BCUT2D eigenvalue weighted by Crippen LogP contribution is -2.24. The van der Waals surface area contributed by atoms with Gasteiger partial charge in [0.05, 0.1) is 0 Å². The average Bonchev–Trinajstić information content (AvgIpc) is 2.17. The first-order chi connectivity index (χ1) is 7.61. The van der Waals surface area contributed by atoms with E-state index in [4.69, 9.17) is 5.73 Å². The van der Waals surface area contributed by atoms with Gasteiger partial charge in [-0.25, -0.2) is 4.98 Å². The first kappa shape index (κ1) is 12.2. The van der Waals surface area contributed by atoms with Crippen molar-refractivity contribution in [3.05, 3.63) is 12.3 Å². The van der Waals surface area contributed by atoms with Crippen molar-refractivity contribution in [1.82, 2.24) is 9.97 Å². The van der Waals surface area contributed by atoms with E-state index in [0.717, 1.165) is 6.54 Å². The molecule has 1 rings (SSSR count). The Labute approximate surface area is 94.7 Å². The van der Waals surface area contributed by atoms with E-state index in [1.54, 1.807) is 12.3 Å². The Balaban J connectivity index is 2.59. The molecule has 6 nitrogen and oxygen atoms in total. The lowest BCUT2D eigenvalue weighted by atomic mass is 10.2. The third-order valence-corrected chi connectivity index (χ3v) is 1.89. The summed E-state index contributed by atoms with van der Waals surface area (Å²) >= 11 is 0. The summed E-state index contributed by atoms with van der Waals surface area (Å²) in [6, 6.07) is 1.71. The van der Waals surface area contributed by atoms with Crippen LogP contribution >= 0.6 is 0 Å². The number of hydrogen-bond donors (Lipinski definition) is 3. The molecule has 0 saturated carbocycles. The smallest absolute Gasteiger partial charge is 0.224 e. The van der Waals surface area contributed by atoms with Gasteiger partial charge in [0.2, 0.25) is 11.9 Å². The molecule has 0 aliphatic rings. The third-order valence-electron chi connectivity index (χ3n) is 1.89. The topological polar surface area (TPSA) is 92.9 Å². The maximum atomic E-state index is 10.7. The molecular weight excluding hydrogens is 206 g/mol. The summed E-state index contributed by atoms with van der Waals surface area (Å²) in [5, 5.41) is 6.09. The molecule has 1 aromatic rings. The summed E-state index contributed by atoms with van der Waals surface area (Å²) in [5.41, 5.74) is 5.10. The van der Waals surface area contributed by atoms with Crippen LogP contribution in [0, 0.1) is 0 Å². The van der Waals surface area contributed by atoms with Gasteiger partial charge < -0.3 is 16.4 Å². The molecule has 0 aliphatic carbocycles. The molecule has 1 amide bonds. The van der Waals surface area contributed by atoms with Crippen molar-refractivity contribution in [2.45, 2.75) is 26.3 Å². The maximum Gasteiger partial charge on any atom is 0.224 e. The highest BCUT2D eigenvalue weighted by Crippen LogP contribution is 2.08. The molecule has 4 N–H and O–H groups in total. The van der Waals surface area contributed by atoms with Crippen LogP contribution in [0.2, 0.25) is 0 Å². The summed E-state index contributed by atoms with van der Waals surface area (Å²) < 4.78 is 0. The molecule has 16 heavy (non-hydrogen) atoms. The van der Waals surface area contributed by atoms with Crippen LogP contribution in [-0.2, 0) is 4.79 Å². The normalized spacial score (nSPS) is 11.9. The van der Waals surface area contributed by atoms with Crippen LogP contribution in [0.25, 0.3) is 0 Å². The molecule has 1 aromatic heterocycles. The van der Waals surface area contributed by atoms with Crippen molar-refractivity contribution in [1.29, 1.82) is 0 Å². The minimum atomic E-state index is -0.332. The first-order valence-corrected chi connectivity index (χ1v) is 5.23. The van der Waals surface area contributed by atoms with E-state index >= 15 is 0 Å². The summed E-state index contributed by atoms with van der Waals surface area (Å²) in [6.45, 7) is 4.61. The van der Waals surface area contributed by atoms with E-state index in [1.165, 1.54) is 0 Å². The molecule has 0 saturated heterocycles. The van der Waals surface area contributed by atoms with Crippen LogP contribution in [0.5, 0.6) is 0 Å². The molecule has 6 heteroatoms. The highest BCUT2D eigenvalue weighted by Gasteiger charge is 2.06. The van der Waals surface area contributed by atoms with Gasteiger partial charge in [-0.2, -0.15) is 4.98 Å². The zero-order chi connectivity index (χ0) is 12.0. The molecular formula is C10H17N5O. The Kier molecular flexibility index (Phi) is 4.50. The van der Waals surface area contributed by atoms with Gasteiger partial charge in [-0.05, 0) is 19.9 Å². The number of aromatic nitrogens is 2. The van der Waals surface area contributed by atoms with E-state index < -0.39 is 0 Å². The van der Waals surface area contributed by atoms with Crippen LogP contribution < -0.4 is 16.4 Å². The second kappa shape index (κ2) is 5.89. The SMILES string of the molecule is CCNc1nccc(NC(C)CC(N)=O)n1. The van der Waals surface area contributed by atoms with Gasteiger partial charge in [-0.3, -0.25) is 4.79 Å². The van der Waals surface area contributed by atoms with E-state index in [-0.39, 0.29) is 18.4 Å². The van der Waals surface area contributed by atoms with Gasteiger partial charge in [-0.1, -0.05) is 0 Å². The number of carbonyl (C=O) groups excluding carboxylic acids is 1. The Morgan fingerprint density at radius 3 is 3.00 bits per heavy atom. The minimum absolute atomic E-state index is 0.0399. The number of carbonyl (C=O) groups is 1. The van der Waals surface area contributed by atoms with Crippen molar-refractivity contribution in [3.63, 3.8) is 0 Å². The summed E-state index contributed by atoms with van der Waals surface area (Å²) in [6.07, 6.45) is 1.94. The lowest BCUT2D eigenvalue weighted by molar-refractivity contribution is -0.118. The van der Waals surface area contributed by atoms with E-state index in [9.17, 15) is 4.79 Å². The van der Waals surface area contributed by atoms with Gasteiger partial charge in [-0.15, -0.1) is 0 Å². The van der Waals surface area contributed by atoms with Crippen molar-refractivity contribution in [2.75, 3.05) is 17.2 Å². The van der Waals surface area contributed by atoms with E-state index in [2.05, 4.69) is 20.6 Å². The van der Waals surface area contributed by atoms with Crippen LogP contribution in [-0.4, -0.2) is 28.5 Å². The molecule has 0 fully saturated rings. The fourth-order valence-electron chi connectivity index (χ4n) is 1.29. The predicted molar refractivity (Wildman–Crippen MR) is 63.1 cm³/mol. The van der Waals surface area contributed by atoms with Gasteiger partial charge >= 0.3 is 0 Å². The van der Waals surface area contributed by atoms with Crippen LogP contribution in [0.3, 0.4) is 0 Å². The minimum Gasteiger partial charge on any atom is -0.370 e. The quantitative estimate of drug-likeness (QED) is 0.656. The van der Waals surface area contributed by atoms with E-state index in [0.29, 0.717) is 11.8 Å². The second-order valence-corrected chi connectivity index (χ2v) is 3.51. The number of primary amides is 1. The number of nitrogens with zero attached hydrogens (tertiary/aromatic N) is 2. The molecule has 1 heterocycles. The molecule has 88 valence electrons. The van der Waals surface area contributed by atoms with Crippen LogP contribution in [0.15, 0.2) is 12.3 Å². The van der Waals surface area contributed by atoms with Crippen LogP contribution in [0.4, 0.5) is 11.8 Å². The monoisotopic (exact) mass is 223 g/mol. The van der Waals surface area contributed by atoms with Gasteiger partial charge in [0.25, 0.3) is 0 Å². The molecule has 0 radical (unpaired) electrons. The number of rotatable bonds is 6. The molecule has 0 bridgehead atoms. The fourth-order valence-corrected chi connectivity index (χ4v) is 1.29. The highest BCUT2D eigenvalue weighted by molar-refractivity contribution is 5.74. The average molecular weight is 223 g/mol. The maximum absolute atomic E-state index is 10.7. The Hall–Kier alpha value is -1.85. The Morgan fingerprint density at radius 2 is 2.38 bits per heavy atom. The summed E-state index contributed by atoms with van der Waals surface area (Å²) in [5.74, 6) is 0.916. The van der Waals surface area contributed by atoms with E-state index in [1.807, 2.05) is 13.8 Å². The zero-order valence-electron chi connectivity index (χ0n) is 9.53. The largest absolute Gasteiger partial charge is 0.370 e. The summed E-state index contributed by atoms with van der Waals surface area (Å²) in [7, 11) is 0. The second-order valence-electron chi connectivity index (χ2n) is 3.51. The Bertz CT molecular complexity index is 355. The predicted octanol–water partition coefficient (Wildman–Crippen LogP) is 0.584. The van der Waals surface area contributed by atoms with Gasteiger partial charge in [0.15, 0.2) is 0 Å². The lowest BCUT2D eigenvalue weighted by Gasteiger charge is -2.12. The number of hydrogen-bond acceptors (Lipinski definition) is 5. The number of amides is 1. The molecule has 1 unspecified atom stereocenters. The number of nitrogens with two attached hydrogens (primary N) is 1. The fraction of sp³-hybridized carbons (Fsp3) is 0.500. The number of anilines is 2. The standard InChI is InChI=1S/C10H17N5O/c1-3-12-10-13-5-4-9(15-10)14-7(2)6-8(11)16/h4-5,7H,3,6H2,1-2H3,(H2,11,16)(H2,12,13,14,15). The van der Waals surface area contributed by atoms with Crippen molar-refractivity contribution < 1.29 is 4.79 Å². The molecule has 0 aromatic carbocycles. The number of nitrogens with one attached hydrogen (secondary N) is 2. The van der Waals surface area contributed by atoms with Gasteiger partial charge in [0.1, 0.15) is 5.82 Å². The summed E-state index contributed by atoms with van der Waals surface area (Å²) in [4.78, 5) is 19.0. The van der Waals surface area contributed by atoms with Crippen molar-refractivity contribution in [2.24, 2.45) is 5.73 Å². The van der Waals surface area contributed by atoms with Gasteiger partial charge in [0, 0.05) is 25.2 Å². The van der Waals surface area contributed by atoms with Crippen LogP contribution in [0.1, 0.15) is 20.3 Å². The highest BCUT2D eigenvalue weighted by atomic mass is 16.1. The molecule has 1 atom stereocenters. The third kappa shape index (κ3) is 4.12. The molecule has 0 spiro atoms. The zero-order valence-corrected chi connectivity index (χ0v) is 9.53. The Morgan fingerprint density at radius 1 is 1.62 bits per heavy atom. The van der Waals surface area contributed by atoms with Crippen molar-refractivity contribution >= 4 is 17.7 Å². The molecule has 0 aliphatic heterocycles.